The van der Waals surface area contributed by atoms with E-state index in [1.54, 1.807) is 37.5 Å². The van der Waals surface area contributed by atoms with Crippen LogP contribution in [-0.4, -0.2) is 45.5 Å². The fourth-order valence-electron chi connectivity index (χ4n) is 2.11. The number of hydrogen-bond donors (Lipinski definition) is 1. The summed E-state index contributed by atoms with van der Waals surface area (Å²) in [5, 5.41) is 11.6. The Morgan fingerprint density at radius 1 is 1.08 bits per heavy atom. The van der Waals surface area contributed by atoms with E-state index in [1.807, 2.05) is 24.3 Å². The number of carbonyl (C=O) groups excluding carboxylic acids is 2. The molecule has 126 valence electrons. The Balaban J connectivity index is 1.59. The molecule has 0 saturated heterocycles. The summed E-state index contributed by atoms with van der Waals surface area (Å²) in [5.41, 5.74) is 1.23. The summed E-state index contributed by atoms with van der Waals surface area (Å²) in [4.78, 5) is 29.9. The van der Waals surface area contributed by atoms with E-state index in [0.29, 0.717) is 21.4 Å². The number of pyridine rings is 1. The number of likely N-dealkylation sites (N-methyl/N-ethyl adjacent to an activating group) is 1. The molecule has 0 unspecified atom stereocenters. The lowest BCUT2D eigenvalue weighted by molar-refractivity contribution is -0.116. The van der Waals surface area contributed by atoms with Crippen LogP contribution in [0.2, 0.25) is 0 Å². The second-order valence-electron chi connectivity index (χ2n) is 5.20. The highest BCUT2D eigenvalue weighted by molar-refractivity contribution is 7.18. The summed E-state index contributed by atoms with van der Waals surface area (Å²) < 4.78 is 0. The van der Waals surface area contributed by atoms with E-state index in [0.717, 1.165) is 0 Å². The number of hydrogen-bond acceptors (Lipinski definition) is 6. The van der Waals surface area contributed by atoms with Crippen molar-refractivity contribution in [2.75, 3.05) is 18.9 Å². The lowest BCUT2D eigenvalue weighted by Gasteiger charge is -2.16. The molecule has 1 aromatic carbocycles. The van der Waals surface area contributed by atoms with Crippen LogP contribution in [0.25, 0.3) is 10.7 Å². The molecule has 0 aliphatic rings. The lowest BCUT2D eigenvalue weighted by Crippen LogP contribution is -2.34. The largest absolute Gasteiger partial charge is 0.332 e. The summed E-state index contributed by atoms with van der Waals surface area (Å²) in [6.45, 7) is -0.0772. The van der Waals surface area contributed by atoms with Crippen molar-refractivity contribution in [3.05, 3.63) is 60.3 Å². The Bertz CT molecular complexity index is 867. The van der Waals surface area contributed by atoms with Gasteiger partial charge in [-0.3, -0.25) is 19.9 Å². The summed E-state index contributed by atoms with van der Waals surface area (Å²) in [6, 6.07) is 14.3. The molecule has 2 aromatic heterocycles. The summed E-state index contributed by atoms with van der Waals surface area (Å²) in [6.07, 6.45) is 1.67. The van der Waals surface area contributed by atoms with Crippen LogP contribution >= 0.6 is 11.3 Å². The Kier molecular flexibility index (Phi) is 5.10. The second-order valence-corrected chi connectivity index (χ2v) is 6.18. The molecule has 8 heteroatoms. The molecular weight excluding hydrogens is 338 g/mol. The van der Waals surface area contributed by atoms with Crippen molar-refractivity contribution in [1.82, 2.24) is 20.1 Å². The van der Waals surface area contributed by atoms with Gasteiger partial charge in [0.2, 0.25) is 11.0 Å². The summed E-state index contributed by atoms with van der Waals surface area (Å²) in [7, 11) is 1.58. The molecular formula is C17H15N5O2S. The second kappa shape index (κ2) is 7.63. The lowest BCUT2D eigenvalue weighted by atomic mass is 10.2. The van der Waals surface area contributed by atoms with E-state index in [-0.39, 0.29) is 18.4 Å². The minimum absolute atomic E-state index is 0.0772. The van der Waals surface area contributed by atoms with Crippen LogP contribution in [0.3, 0.4) is 0 Å². The molecule has 2 heterocycles. The number of nitrogens with one attached hydrogen (secondary N) is 1. The van der Waals surface area contributed by atoms with E-state index in [1.165, 1.54) is 16.2 Å². The maximum atomic E-state index is 12.2. The molecule has 25 heavy (non-hydrogen) atoms. The van der Waals surface area contributed by atoms with Gasteiger partial charge in [-0.05, 0) is 24.3 Å². The zero-order valence-electron chi connectivity index (χ0n) is 13.4. The zero-order chi connectivity index (χ0) is 17.6. The molecule has 0 bridgehead atoms. The first-order valence-electron chi connectivity index (χ1n) is 7.49. The molecule has 0 aliphatic heterocycles. The van der Waals surface area contributed by atoms with E-state index in [9.17, 15) is 9.59 Å². The van der Waals surface area contributed by atoms with Gasteiger partial charge in [0, 0.05) is 18.8 Å². The van der Waals surface area contributed by atoms with Gasteiger partial charge < -0.3 is 4.90 Å². The highest BCUT2D eigenvalue weighted by Gasteiger charge is 2.16. The molecule has 1 N–H and O–H groups in total. The first-order valence-corrected chi connectivity index (χ1v) is 8.30. The quantitative estimate of drug-likeness (QED) is 0.760. The Morgan fingerprint density at radius 2 is 1.84 bits per heavy atom. The first kappa shape index (κ1) is 16.7. The van der Waals surface area contributed by atoms with Crippen molar-refractivity contribution in [2.45, 2.75) is 0 Å². The maximum absolute atomic E-state index is 12.2. The van der Waals surface area contributed by atoms with Gasteiger partial charge in [-0.2, -0.15) is 0 Å². The topological polar surface area (TPSA) is 88.1 Å². The molecule has 0 fully saturated rings. The SMILES string of the molecule is CN(CC(=O)Nc1nnc(-c2ccccn2)s1)C(=O)c1ccccc1. The molecule has 0 radical (unpaired) electrons. The number of aromatic nitrogens is 3. The Labute approximate surface area is 148 Å². The third-order valence-electron chi connectivity index (χ3n) is 3.30. The third kappa shape index (κ3) is 4.24. The normalized spacial score (nSPS) is 10.3. The third-order valence-corrected chi connectivity index (χ3v) is 4.16. The van der Waals surface area contributed by atoms with Gasteiger partial charge in [0.1, 0.15) is 5.69 Å². The minimum Gasteiger partial charge on any atom is -0.332 e. The zero-order valence-corrected chi connectivity index (χ0v) is 14.2. The molecule has 7 nitrogen and oxygen atoms in total. The Morgan fingerprint density at radius 3 is 2.56 bits per heavy atom. The number of rotatable bonds is 5. The molecule has 0 spiro atoms. The van der Waals surface area contributed by atoms with Crippen LogP contribution in [0.4, 0.5) is 5.13 Å². The molecule has 2 amide bonds. The number of anilines is 1. The van der Waals surface area contributed by atoms with Gasteiger partial charge >= 0.3 is 0 Å². The van der Waals surface area contributed by atoms with Crippen LogP contribution < -0.4 is 5.32 Å². The average Bonchev–Trinajstić information content (AvgIpc) is 3.10. The molecule has 3 aromatic rings. The fourth-order valence-corrected chi connectivity index (χ4v) is 2.85. The van der Waals surface area contributed by atoms with E-state index >= 15 is 0 Å². The van der Waals surface area contributed by atoms with Crippen molar-refractivity contribution in [3.8, 4) is 10.7 Å². The molecule has 0 saturated carbocycles. The smallest absolute Gasteiger partial charge is 0.254 e. The number of nitrogens with zero attached hydrogens (tertiary/aromatic N) is 4. The van der Waals surface area contributed by atoms with Gasteiger partial charge in [0.15, 0.2) is 5.01 Å². The van der Waals surface area contributed by atoms with E-state index in [4.69, 9.17) is 0 Å². The van der Waals surface area contributed by atoms with Crippen molar-refractivity contribution >= 4 is 28.3 Å². The number of benzene rings is 1. The fraction of sp³-hybridized carbons (Fsp3) is 0.118. The van der Waals surface area contributed by atoms with Crippen molar-refractivity contribution in [1.29, 1.82) is 0 Å². The molecule has 0 aliphatic carbocycles. The molecule has 3 rings (SSSR count). The first-order chi connectivity index (χ1) is 12.1. The highest BCUT2D eigenvalue weighted by atomic mass is 32.1. The van der Waals surface area contributed by atoms with Crippen LogP contribution in [0.15, 0.2) is 54.7 Å². The molecule has 0 atom stereocenters. The predicted molar refractivity (Wildman–Crippen MR) is 95.2 cm³/mol. The van der Waals surface area contributed by atoms with Gasteiger partial charge in [-0.25, -0.2) is 0 Å². The van der Waals surface area contributed by atoms with Gasteiger partial charge in [-0.15, -0.1) is 10.2 Å². The van der Waals surface area contributed by atoms with E-state index in [2.05, 4.69) is 20.5 Å². The van der Waals surface area contributed by atoms with Crippen molar-refractivity contribution in [2.24, 2.45) is 0 Å². The van der Waals surface area contributed by atoms with Gasteiger partial charge in [0.05, 0.1) is 6.54 Å². The van der Waals surface area contributed by atoms with Crippen molar-refractivity contribution < 1.29 is 9.59 Å². The predicted octanol–water partition coefficient (Wildman–Crippen LogP) is 2.31. The van der Waals surface area contributed by atoms with Crippen LogP contribution in [0, 0.1) is 0 Å². The van der Waals surface area contributed by atoms with E-state index < -0.39 is 0 Å². The average molecular weight is 353 g/mol. The minimum atomic E-state index is -0.337. The Hall–Kier alpha value is -3.13. The van der Waals surface area contributed by atoms with Crippen LogP contribution in [0.5, 0.6) is 0 Å². The number of carbonyl (C=O) groups is 2. The maximum Gasteiger partial charge on any atom is 0.254 e. The standard InChI is InChI=1S/C17H15N5O2S/c1-22(16(24)12-7-3-2-4-8-12)11-14(23)19-17-21-20-15(25-17)13-9-5-6-10-18-13/h2-10H,11H2,1H3,(H,19,21,23). The number of amides is 2. The summed E-state index contributed by atoms with van der Waals surface area (Å²) in [5.74, 6) is -0.558. The van der Waals surface area contributed by atoms with Gasteiger partial charge in [-0.1, -0.05) is 35.6 Å². The van der Waals surface area contributed by atoms with Crippen molar-refractivity contribution in [3.63, 3.8) is 0 Å². The highest BCUT2D eigenvalue weighted by Crippen LogP contribution is 2.24. The van der Waals surface area contributed by atoms with Crippen LogP contribution in [-0.2, 0) is 4.79 Å². The summed E-state index contributed by atoms with van der Waals surface area (Å²) >= 11 is 1.23. The van der Waals surface area contributed by atoms with Crippen LogP contribution in [0.1, 0.15) is 10.4 Å². The van der Waals surface area contributed by atoms with Gasteiger partial charge in [0.25, 0.3) is 5.91 Å². The monoisotopic (exact) mass is 353 g/mol.